The molecule has 2 rings (SSSR count). The monoisotopic (exact) mass is 399 g/mol. The lowest BCUT2D eigenvalue weighted by molar-refractivity contribution is 0.0935. The summed E-state index contributed by atoms with van der Waals surface area (Å²) in [6.45, 7) is 2.05. The van der Waals surface area contributed by atoms with E-state index in [0.717, 1.165) is 15.6 Å². The molecule has 0 aromatic heterocycles. The van der Waals surface area contributed by atoms with Gasteiger partial charge >= 0.3 is 0 Å². The molecule has 104 valence electrons. The fraction of sp³-hybridized carbons (Fsp3) is 0.188. The Hall–Kier alpha value is -1.07. The highest BCUT2D eigenvalue weighted by molar-refractivity contribution is 14.1. The maximum atomic E-state index is 12.3. The molecule has 1 N–H and O–H groups in total. The van der Waals surface area contributed by atoms with Crippen LogP contribution in [0.3, 0.4) is 0 Å². The van der Waals surface area contributed by atoms with Gasteiger partial charge in [0.05, 0.1) is 11.1 Å². The summed E-state index contributed by atoms with van der Waals surface area (Å²) in [6, 6.07) is 15.3. The molecule has 0 saturated heterocycles. The molecule has 4 heteroatoms. The predicted octanol–water partition coefficient (Wildman–Crippen LogP) is 4.83. The lowest BCUT2D eigenvalue weighted by atomic mass is 10.0. The van der Waals surface area contributed by atoms with Gasteiger partial charge in [0.15, 0.2) is 0 Å². The average Bonchev–Trinajstić information content (AvgIpc) is 2.48. The van der Waals surface area contributed by atoms with Gasteiger partial charge in [-0.1, -0.05) is 48.9 Å². The SMILES string of the molecule is CCC(NC(=O)c1ccc(I)c(Cl)c1)c1ccccc1. The summed E-state index contributed by atoms with van der Waals surface area (Å²) in [6.07, 6.45) is 0.841. The Morgan fingerprint density at radius 1 is 1.25 bits per heavy atom. The van der Waals surface area contributed by atoms with Crippen LogP contribution in [0.5, 0.6) is 0 Å². The summed E-state index contributed by atoms with van der Waals surface area (Å²) in [4.78, 5) is 12.3. The van der Waals surface area contributed by atoms with Gasteiger partial charge < -0.3 is 5.32 Å². The molecule has 2 aromatic carbocycles. The van der Waals surface area contributed by atoms with Crippen molar-refractivity contribution in [3.8, 4) is 0 Å². The van der Waals surface area contributed by atoms with Gasteiger partial charge in [-0.05, 0) is 52.8 Å². The molecular formula is C16H15ClINO. The van der Waals surface area contributed by atoms with E-state index in [2.05, 4.69) is 34.8 Å². The zero-order valence-corrected chi connectivity index (χ0v) is 14.0. The Morgan fingerprint density at radius 3 is 2.55 bits per heavy atom. The highest BCUT2D eigenvalue weighted by Gasteiger charge is 2.14. The first kappa shape index (κ1) is 15.3. The van der Waals surface area contributed by atoms with E-state index < -0.39 is 0 Å². The van der Waals surface area contributed by atoms with E-state index in [9.17, 15) is 4.79 Å². The van der Waals surface area contributed by atoms with Crippen LogP contribution in [-0.2, 0) is 0 Å². The van der Waals surface area contributed by atoms with Crippen molar-refractivity contribution in [3.63, 3.8) is 0 Å². The zero-order chi connectivity index (χ0) is 14.5. The molecular weight excluding hydrogens is 385 g/mol. The van der Waals surface area contributed by atoms with Gasteiger partial charge in [0.1, 0.15) is 0 Å². The number of hydrogen-bond donors (Lipinski definition) is 1. The number of carbonyl (C=O) groups excluding carboxylic acids is 1. The first-order valence-electron chi connectivity index (χ1n) is 6.42. The fourth-order valence-corrected chi connectivity index (χ4v) is 2.50. The minimum Gasteiger partial charge on any atom is -0.345 e. The van der Waals surface area contributed by atoms with Crippen molar-refractivity contribution in [1.29, 1.82) is 0 Å². The van der Waals surface area contributed by atoms with E-state index >= 15 is 0 Å². The van der Waals surface area contributed by atoms with Crippen molar-refractivity contribution in [3.05, 3.63) is 68.3 Å². The third kappa shape index (κ3) is 3.73. The smallest absolute Gasteiger partial charge is 0.251 e. The molecule has 0 saturated carbocycles. The van der Waals surface area contributed by atoms with Crippen LogP contribution >= 0.6 is 34.2 Å². The molecule has 0 radical (unpaired) electrons. The molecule has 20 heavy (non-hydrogen) atoms. The summed E-state index contributed by atoms with van der Waals surface area (Å²) < 4.78 is 0.941. The molecule has 0 bridgehead atoms. The first-order valence-corrected chi connectivity index (χ1v) is 7.88. The van der Waals surface area contributed by atoms with Gasteiger partial charge in [-0.15, -0.1) is 0 Å². The Balaban J connectivity index is 2.15. The van der Waals surface area contributed by atoms with E-state index in [1.54, 1.807) is 12.1 Å². The van der Waals surface area contributed by atoms with Crippen LogP contribution in [0, 0.1) is 3.57 Å². The van der Waals surface area contributed by atoms with Gasteiger partial charge in [-0.25, -0.2) is 0 Å². The molecule has 1 unspecified atom stereocenters. The Morgan fingerprint density at radius 2 is 1.95 bits per heavy atom. The van der Waals surface area contributed by atoms with E-state index in [-0.39, 0.29) is 11.9 Å². The highest BCUT2D eigenvalue weighted by Crippen LogP contribution is 2.21. The van der Waals surface area contributed by atoms with Crippen molar-refractivity contribution < 1.29 is 4.79 Å². The molecule has 0 aliphatic heterocycles. The number of rotatable bonds is 4. The molecule has 0 aliphatic rings. The lowest BCUT2D eigenvalue weighted by Gasteiger charge is -2.17. The maximum absolute atomic E-state index is 12.3. The Kier molecular flexibility index (Phi) is 5.43. The van der Waals surface area contributed by atoms with Crippen molar-refractivity contribution in [1.82, 2.24) is 5.32 Å². The van der Waals surface area contributed by atoms with Crippen LogP contribution in [0.1, 0.15) is 35.3 Å². The molecule has 0 spiro atoms. The zero-order valence-electron chi connectivity index (χ0n) is 11.1. The van der Waals surface area contributed by atoms with Gasteiger partial charge in [-0.3, -0.25) is 4.79 Å². The lowest BCUT2D eigenvalue weighted by Crippen LogP contribution is -2.28. The second-order valence-electron chi connectivity index (χ2n) is 4.47. The standard InChI is InChI=1S/C16H15ClINO/c1-2-15(11-6-4-3-5-7-11)19-16(20)12-8-9-14(18)13(17)10-12/h3-10,15H,2H2,1H3,(H,19,20). The van der Waals surface area contributed by atoms with Crippen LogP contribution in [0.25, 0.3) is 0 Å². The largest absolute Gasteiger partial charge is 0.345 e. The summed E-state index contributed by atoms with van der Waals surface area (Å²) in [7, 11) is 0. The second kappa shape index (κ2) is 7.09. The minimum absolute atomic E-state index is 0.0155. The molecule has 0 heterocycles. The number of hydrogen-bond acceptors (Lipinski definition) is 1. The first-order chi connectivity index (χ1) is 9.61. The van der Waals surface area contributed by atoms with Crippen molar-refractivity contribution in [2.75, 3.05) is 0 Å². The summed E-state index contributed by atoms with van der Waals surface area (Å²) in [5.41, 5.74) is 1.70. The quantitative estimate of drug-likeness (QED) is 0.733. The van der Waals surface area contributed by atoms with Crippen molar-refractivity contribution in [2.24, 2.45) is 0 Å². The molecule has 0 aliphatic carbocycles. The third-order valence-corrected chi connectivity index (χ3v) is 4.67. The van der Waals surface area contributed by atoms with Crippen LogP contribution < -0.4 is 5.32 Å². The highest BCUT2D eigenvalue weighted by atomic mass is 127. The van der Waals surface area contributed by atoms with E-state index in [1.165, 1.54) is 0 Å². The molecule has 2 aromatic rings. The third-order valence-electron chi connectivity index (χ3n) is 3.10. The maximum Gasteiger partial charge on any atom is 0.251 e. The molecule has 1 amide bonds. The van der Waals surface area contributed by atoms with Crippen molar-refractivity contribution in [2.45, 2.75) is 19.4 Å². The predicted molar refractivity (Wildman–Crippen MR) is 91.1 cm³/mol. The summed E-state index contributed by atoms with van der Waals surface area (Å²) >= 11 is 8.20. The van der Waals surface area contributed by atoms with Crippen LogP contribution in [0.2, 0.25) is 5.02 Å². The normalized spacial score (nSPS) is 11.9. The van der Waals surface area contributed by atoms with Gasteiger partial charge in [-0.2, -0.15) is 0 Å². The molecule has 1 atom stereocenters. The number of amides is 1. The van der Waals surface area contributed by atoms with Crippen LogP contribution in [0.15, 0.2) is 48.5 Å². The second-order valence-corrected chi connectivity index (χ2v) is 6.04. The Labute approximate surface area is 137 Å². The van der Waals surface area contributed by atoms with Crippen LogP contribution in [-0.4, -0.2) is 5.91 Å². The van der Waals surface area contributed by atoms with Gasteiger partial charge in [0.25, 0.3) is 5.91 Å². The topological polar surface area (TPSA) is 29.1 Å². The molecule has 0 fully saturated rings. The van der Waals surface area contributed by atoms with E-state index in [0.29, 0.717) is 10.6 Å². The van der Waals surface area contributed by atoms with Gasteiger partial charge in [0, 0.05) is 9.13 Å². The number of benzene rings is 2. The summed E-state index contributed by atoms with van der Waals surface area (Å²) in [5, 5.41) is 3.65. The summed E-state index contributed by atoms with van der Waals surface area (Å²) in [5.74, 6) is -0.0981. The van der Waals surface area contributed by atoms with Crippen LogP contribution in [0.4, 0.5) is 0 Å². The minimum atomic E-state index is -0.0981. The van der Waals surface area contributed by atoms with Crippen molar-refractivity contribution >= 4 is 40.1 Å². The Bertz CT molecular complexity index is 601. The van der Waals surface area contributed by atoms with Gasteiger partial charge in [0.2, 0.25) is 0 Å². The number of halogens is 2. The van der Waals surface area contributed by atoms with E-state index in [4.69, 9.17) is 11.6 Å². The fourth-order valence-electron chi connectivity index (χ4n) is 1.99. The number of nitrogens with one attached hydrogen (secondary N) is 1. The average molecular weight is 400 g/mol. The molecule has 2 nitrogen and oxygen atoms in total. The number of carbonyl (C=O) groups is 1. The van der Waals surface area contributed by atoms with E-state index in [1.807, 2.05) is 36.4 Å².